The highest BCUT2D eigenvalue weighted by Crippen LogP contribution is 2.20. The number of hydrogen-bond donors (Lipinski definition) is 1. The van der Waals surface area contributed by atoms with Gasteiger partial charge in [0.2, 0.25) is 0 Å². The first kappa shape index (κ1) is 15.5. The van der Waals surface area contributed by atoms with Crippen molar-refractivity contribution >= 4 is 17.3 Å². The third-order valence-electron chi connectivity index (χ3n) is 2.50. The minimum Gasteiger partial charge on any atom is -0.740 e. The first-order valence-electron chi connectivity index (χ1n) is 5.57. The van der Waals surface area contributed by atoms with Gasteiger partial charge >= 0.3 is 5.97 Å². The summed E-state index contributed by atoms with van der Waals surface area (Å²) in [5, 5.41) is 0. The van der Waals surface area contributed by atoms with Crippen LogP contribution in [0.3, 0.4) is 0 Å². The number of rotatable bonds is 8. The molecule has 0 aromatic rings. The van der Waals surface area contributed by atoms with Crippen molar-refractivity contribution in [2.24, 2.45) is 5.73 Å². The van der Waals surface area contributed by atoms with Gasteiger partial charge in [0.1, 0.15) is 16.9 Å². The van der Waals surface area contributed by atoms with Gasteiger partial charge in [-0.05, 0) is 12.8 Å². The second kappa shape index (κ2) is 7.76. The summed E-state index contributed by atoms with van der Waals surface area (Å²) in [7, 11) is 0. The Labute approximate surface area is 99.2 Å². The molecule has 16 heavy (non-hydrogen) atoms. The Balaban J connectivity index is 4.48. The molecule has 0 aliphatic rings. The van der Waals surface area contributed by atoms with Gasteiger partial charge in [0.05, 0.1) is 0 Å². The van der Waals surface area contributed by atoms with Crippen LogP contribution in [-0.2, 0) is 20.3 Å². The molecule has 0 radical (unpaired) electrons. The Bertz CT molecular complexity index is 237. The third-order valence-corrected chi connectivity index (χ3v) is 2.79. The van der Waals surface area contributed by atoms with E-state index in [2.05, 4.69) is 4.18 Å². The van der Waals surface area contributed by atoms with Gasteiger partial charge in [-0.25, -0.2) is 9.00 Å². The Morgan fingerprint density at radius 2 is 1.75 bits per heavy atom. The summed E-state index contributed by atoms with van der Waals surface area (Å²) in [5.74, 6) is -0.845. The van der Waals surface area contributed by atoms with Crippen molar-refractivity contribution in [1.29, 1.82) is 0 Å². The number of carbonyl (C=O) groups excluding carboxylic acids is 1. The zero-order valence-corrected chi connectivity index (χ0v) is 10.7. The van der Waals surface area contributed by atoms with Crippen molar-refractivity contribution in [1.82, 2.24) is 0 Å². The zero-order chi connectivity index (χ0) is 12.6. The highest BCUT2D eigenvalue weighted by Gasteiger charge is 2.34. The van der Waals surface area contributed by atoms with Crippen molar-refractivity contribution in [3.8, 4) is 0 Å². The molecule has 0 fully saturated rings. The molecule has 0 amide bonds. The molecule has 2 N–H and O–H groups in total. The summed E-state index contributed by atoms with van der Waals surface area (Å²) in [5.41, 5.74) is 4.75. The molecule has 1 atom stereocenters. The molecule has 6 heteroatoms. The quantitative estimate of drug-likeness (QED) is 0.657. The summed E-state index contributed by atoms with van der Waals surface area (Å²) in [4.78, 5) is 11.5. The van der Waals surface area contributed by atoms with Crippen LogP contribution in [0.1, 0.15) is 52.4 Å². The third kappa shape index (κ3) is 5.58. The van der Waals surface area contributed by atoms with E-state index in [4.69, 9.17) is 5.73 Å². The standard InChI is InChI=1S/C10H21NO4S/c1-3-5-7-10(11,8-6-4-2)9(12)15-16(13)14/h3-8,11H2,1-2H3,(H,13,14)/p-1. The molecular weight excluding hydrogens is 230 g/mol. The molecule has 0 saturated carbocycles. The summed E-state index contributed by atoms with van der Waals surface area (Å²) < 4.78 is 24.8. The molecule has 1 unspecified atom stereocenters. The Morgan fingerprint density at radius 3 is 2.06 bits per heavy atom. The summed E-state index contributed by atoms with van der Waals surface area (Å²) in [6.07, 6.45) is 4.28. The van der Waals surface area contributed by atoms with Crippen LogP contribution < -0.4 is 5.73 Å². The number of nitrogens with two attached hydrogens (primary N) is 1. The molecule has 0 aromatic heterocycles. The van der Waals surface area contributed by atoms with Crippen LogP contribution in [0.25, 0.3) is 0 Å². The molecule has 0 aliphatic carbocycles. The van der Waals surface area contributed by atoms with Crippen LogP contribution in [0.4, 0.5) is 0 Å². The van der Waals surface area contributed by atoms with Gasteiger partial charge in [-0.2, -0.15) is 0 Å². The van der Waals surface area contributed by atoms with Gasteiger partial charge in [-0.1, -0.05) is 39.5 Å². The average Bonchev–Trinajstić information content (AvgIpc) is 2.22. The summed E-state index contributed by atoms with van der Waals surface area (Å²) >= 11 is -2.83. The summed E-state index contributed by atoms with van der Waals surface area (Å²) in [6, 6.07) is 0. The molecule has 0 rings (SSSR count). The topological polar surface area (TPSA) is 92.5 Å². The number of carbonyl (C=O) groups is 1. The van der Waals surface area contributed by atoms with Crippen molar-refractivity contribution in [3.63, 3.8) is 0 Å². The van der Waals surface area contributed by atoms with E-state index >= 15 is 0 Å². The van der Waals surface area contributed by atoms with E-state index in [1.54, 1.807) is 0 Å². The van der Waals surface area contributed by atoms with E-state index in [9.17, 15) is 13.6 Å². The van der Waals surface area contributed by atoms with E-state index in [0.29, 0.717) is 12.8 Å². The van der Waals surface area contributed by atoms with Crippen LogP contribution >= 0.6 is 0 Å². The van der Waals surface area contributed by atoms with Crippen molar-refractivity contribution in [2.45, 2.75) is 57.9 Å². The Hall–Kier alpha value is -0.460. The molecule has 0 heterocycles. The summed E-state index contributed by atoms with van der Waals surface area (Å²) in [6.45, 7) is 3.97. The Morgan fingerprint density at radius 1 is 1.31 bits per heavy atom. The SMILES string of the molecule is CCCCC(N)(CCCC)C(=O)OS(=O)[O-]. The van der Waals surface area contributed by atoms with E-state index in [1.807, 2.05) is 13.8 Å². The maximum Gasteiger partial charge on any atom is 0.339 e. The average molecular weight is 250 g/mol. The van der Waals surface area contributed by atoms with Crippen molar-refractivity contribution < 1.29 is 17.7 Å². The fourth-order valence-electron chi connectivity index (χ4n) is 1.46. The fraction of sp³-hybridized carbons (Fsp3) is 0.900. The van der Waals surface area contributed by atoms with Crippen molar-refractivity contribution in [3.05, 3.63) is 0 Å². The largest absolute Gasteiger partial charge is 0.740 e. The van der Waals surface area contributed by atoms with Gasteiger partial charge in [0.25, 0.3) is 0 Å². The predicted octanol–water partition coefficient (Wildman–Crippen LogP) is 1.40. The van der Waals surface area contributed by atoms with Crippen LogP contribution in [0.15, 0.2) is 0 Å². The van der Waals surface area contributed by atoms with Crippen molar-refractivity contribution in [2.75, 3.05) is 0 Å². The van der Waals surface area contributed by atoms with Crippen LogP contribution in [0.5, 0.6) is 0 Å². The smallest absolute Gasteiger partial charge is 0.339 e. The van der Waals surface area contributed by atoms with Gasteiger partial charge in [0.15, 0.2) is 0 Å². The van der Waals surface area contributed by atoms with Crippen LogP contribution in [0, 0.1) is 0 Å². The van der Waals surface area contributed by atoms with Gasteiger partial charge in [0, 0.05) is 0 Å². The fourth-order valence-corrected chi connectivity index (χ4v) is 1.75. The van der Waals surface area contributed by atoms with Gasteiger partial charge in [-0.15, -0.1) is 0 Å². The maximum absolute atomic E-state index is 11.5. The highest BCUT2D eigenvalue weighted by atomic mass is 32.2. The second-order valence-corrected chi connectivity index (χ2v) is 4.51. The second-order valence-electron chi connectivity index (χ2n) is 3.94. The first-order chi connectivity index (χ1) is 7.46. The van der Waals surface area contributed by atoms with E-state index in [-0.39, 0.29) is 0 Å². The monoisotopic (exact) mass is 250 g/mol. The molecule has 0 saturated heterocycles. The Kier molecular flexibility index (Phi) is 7.53. The van der Waals surface area contributed by atoms with E-state index < -0.39 is 22.9 Å². The molecule has 5 nitrogen and oxygen atoms in total. The highest BCUT2D eigenvalue weighted by molar-refractivity contribution is 7.74. The van der Waals surface area contributed by atoms with E-state index in [0.717, 1.165) is 25.7 Å². The van der Waals surface area contributed by atoms with E-state index in [1.165, 1.54) is 0 Å². The normalized spacial score (nSPS) is 13.5. The lowest BCUT2D eigenvalue weighted by Gasteiger charge is -2.27. The zero-order valence-electron chi connectivity index (χ0n) is 9.86. The number of hydrogen-bond acceptors (Lipinski definition) is 5. The van der Waals surface area contributed by atoms with Gasteiger partial charge < -0.3 is 14.5 Å². The molecule has 0 aliphatic heterocycles. The lowest BCUT2D eigenvalue weighted by atomic mass is 9.88. The molecule has 0 bridgehead atoms. The minimum absolute atomic E-state index is 0.458. The number of unbranched alkanes of at least 4 members (excludes halogenated alkanes) is 2. The molecular formula is C10H20NO4S-. The maximum atomic E-state index is 11.5. The van der Waals surface area contributed by atoms with Gasteiger partial charge in [-0.3, -0.25) is 0 Å². The lowest BCUT2D eigenvalue weighted by molar-refractivity contribution is -0.140. The predicted molar refractivity (Wildman–Crippen MR) is 61.0 cm³/mol. The lowest BCUT2D eigenvalue weighted by Crippen LogP contribution is -2.49. The van der Waals surface area contributed by atoms with Crippen LogP contribution in [-0.4, -0.2) is 20.3 Å². The first-order valence-corrected chi connectivity index (χ1v) is 6.57. The molecule has 96 valence electrons. The molecule has 0 aromatic carbocycles. The minimum atomic E-state index is -2.83. The molecule has 0 spiro atoms. The van der Waals surface area contributed by atoms with Crippen LogP contribution in [0.2, 0.25) is 0 Å².